The van der Waals surface area contributed by atoms with E-state index in [0.29, 0.717) is 11.3 Å². The molecule has 6 nitrogen and oxygen atoms in total. The van der Waals surface area contributed by atoms with Gasteiger partial charge in [-0.05, 0) is 35.4 Å². The Morgan fingerprint density at radius 1 is 1.16 bits per heavy atom. The second-order valence-electron chi connectivity index (χ2n) is 5.85. The van der Waals surface area contributed by atoms with Gasteiger partial charge < -0.3 is 10.1 Å². The van der Waals surface area contributed by atoms with E-state index in [1.165, 1.54) is 7.11 Å². The van der Waals surface area contributed by atoms with E-state index >= 15 is 0 Å². The second-order valence-corrected chi connectivity index (χ2v) is 5.85. The van der Waals surface area contributed by atoms with Gasteiger partial charge in [0.2, 0.25) is 5.91 Å². The van der Waals surface area contributed by atoms with E-state index in [1.807, 2.05) is 49.4 Å². The standard InChI is InChI=1S/C19H19N3O3/c1-12-9-16(22-21-12)11-17(23)20-18(19(24)25-2)15-8-7-13-5-3-4-6-14(13)10-15/h3-10,18H,11H2,1-2H3,(H,20,23)(H,21,22). The average Bonchev–Trinajstić information content (AvgIpc) is 3.03. The SMILES string of the molecule is COC(=O)C(NC(=O)Cc1cc(C)[nH]n1)c1ccc2ccccc2c1. The molecule has 128 valence electrons. The van der Waals surface area contributed by atoms with E-state index < -0.39 is 12.0 Å². The molecule has 3 aromatic rings. The predicted molar refractivity (Wildman–Crippen MR) is 93.9 cm³/mol. The molecule has 0 aliphatic heterocycles. The van der Waals surface area contributed by atoms with Crippen LogP contribution < -0.4 is 5.32 Å². The van der Waals surface area contributed by atoms with Crippen molar-refractivity contribution in [2.45, 2.75) is 19.4 Å². The molecule has 6 heteroatoms. The minimum atomic E-state index is -0.859. The summed E-state index contributed by atoms with van der Waals surface area (Å²) in [5.41, 5.74) is 2.18. The van der Waals surface area contributed by atoms with Crippen LogP contribution in [0.15, 0.2) is 48.5 Å². The van der Waals surface area contributed by atoms with Crippen molar-refractivity contribution in [3.8, 4) is 0 Å². The van der Waals surface area contributed by atoms with Crippen molar-refractivity contribution in [2.75, 3.05) is 7.11 Å². The van der Waals surface area contributed by atoms with Crippen LogP contribution in [0, 0.1) is 6.92 Å². The summed E-state index contributed by atoms with van der Waals surface area (Å²) in [4.78, 5) is 24.5. The zero-order valence-electron chi connectivity index (χ0n) is 14.1. The third-order valence-electron chi connectivity index (χ3n) is 3.95. The van der Waals surface area contributed by atoms with E-state index in [2.05, 4.69) is 15.5 Å². The number of fused-ring (bicyclic) bond motifs is 1. The number of aromatic amines is 1. The van der Waals surface area contributed by atoms with Crippen LogP contribution in [0.3, 0.4) is 0 Å². The van der Waals surface area contributed by atoms with Gasteiger partial charge in [-0.15, -0.1) is 0 Å². The van der Waals surface area contributed by atoms with Crippen molar-refractivity contribution in [3.63, 3.8) is 0 Å². The summed E-state index contributed by atoms with van der Waals surface area (Å²) in [5, 5.41) is 11.6. The highest BCUT2D eigenvalue weighted by molar-refractivity contribution is 5.89. The summed E-state index contributed by atoms with van der Waals surface area (Å²) in [6, 6.07) is 14.4. The Morgan fingerprint density at radius 2 is 1.92 bits per heavy atom. The first kappa shape index (κ1) is 16.7. The average molecular weight is 337 g/mol. The number of hydrogen-bond acceptors (Lipinski definition) is 4. The Kier molecular flexibility index (Phi) is 4.79. The van der Waals surface area contributed by atoms with Gasteiger partial charge in [-0.1, -0.05) is 36.4 Å². The molecule has 0 radical (unpaired) electrons. The number of rotatable bonds is 5. The van der Waals surface area contributed by atoms with E-state index in [1.54, 1.807) is 6.07 Å². The minimum absolute atomic E-state index is 0.0887. The molecule has 2 aromatic carbocycles. The molecule has 1 aromatic heterocycles. The minimum Gasteiger partial charge on any atom is -0.467 e. The summed E-state index contributed by atoms with van der Waals surface area (Å²) < 4.78 is 4.86. The van der Waals surface area contributed by atoms with Crippen molar-refractivity contribution in [1.29, 1.82) is 0 Å². The summed E-state index contributed by atoms with van der Waals surface area (Å²) in [6.07, 6.45) is 0.0887. The first-order valence-electron chi connectivity index (χ1n) is 7.93. The van der Waals surface area contributed by atoms with Crippen molar-refractivity contribution in [3.05, 3.63) is 65.5 Å². The lowest BCUT2D eigenvalue weighted by molar-refractivity contribution is -0.145. The molecule has 3 rings (SSSR count). The number of H-pyrrole nitrogens is 1. The van der Waals surface area contributed by atoms with Gasteiger partial charge in [-0.2, -0.15) is 5.10 Å². The fourth-order valence-corrected chi connectivity index (χ4v) is 2.73. The lowest BCUT2D eigenvalue weighted by Crippen LogP contribution is -2.35. The highest BCUT2D eigenvalue weighted by Crippen LogP contribution is 2.21. The van der Waals surface area contributed by atoms with Gasteiger partial charge in [0, 0.05) is 5.69 Å². The molecule has 25 heavy (non-hydrogen) atoms. The highest BCUT2D eigenvalue weighted by atomic mass is 16.5. The molecule has 0 fully saturated rings. The van der Waals surface area contributed by atoms with Crippen LogP contribution in [0.2, 0.25) is 0 Å². The number of nitrogens with one attached hydrogen (secondary N) is 2. The zero-order valence-corrected chi connectivity index (χ0v) is 14.1. The number of methoxy groups -OCH3 is 1. The first-order chi connectivity index (χ1) is 12.1. The Hall–Kier alpha value is -3.15. The largest absolute Gasteiger partial charge is 0.467 e. The fraction of sp³-hybridized carbons (Fsp3) is 0.211. The second kappa shape index (κ2) is 7.17. The number of hydrogen-bond donors (Lipinski definition) is 2. The van der Waals surface area contributed by atoms with Crippen LogP contribution in [0.25, 0.3) is 10.8 Å². The molecule has 1 unspecified atom stereocenters. The number of ether oxygens (including phenoxy) is 1. The maximum absolute atomic E-state index is 12.3. The van der Waals surface area contributed by atoms with Crippen LogP contribution in [-0.2, 0) is 20.7 Å². The maximum atomic E-state index is 12.3. The topological polar surface area (TPSA) is 84.1 Å². The normalized spacial score (nSPS) is 11.9. The van der Waals surface area contributed by atoms with Crippen LogP contribution in [0.4, 0.5) is 0 Å². The third-order valence-corrected chi connectivity index (χ3v) is 3.95. The number of esters is 1. The number of amides is 1. The lowest BCUT2D eigenvalue weighted by atomic mass is 10.0. The molecular weight excluding hydrogens is 318 g/mol. The summed E-state index contributed by atoms with van der Waals surface area (Å²) >= 11 is 0. The molecule has 1 amide bonds. The van der Waals surface area contributed by atoms with Gasteiger partial charge in [0.1, 0.15) is 0 Å². The Labute approximate surface area is 145 Å². The van der Waals surface area contributed by atoms with Gasteiger partial charge >= 0.3 is 5.97 Å². The van der Waals surface area contributed by atoms with Gasteiger partial charge in [0.25, 0.3) is 0 Å². The quantitative estimate of drug-likeness (QED) is 0.701. The monoisotopic (exact) mass is 337 g/mol. The van der Waals surface area contributed by atoms with Crippen molar-refractivity contribution >= 4 is 22.6 Å². The van der Waals surface area contributed by atoms with E-state index in [4.69, 9.17) is 4.74 Å². The third kappa shape index (κ3) is 3.85. The predicted octanol–water partition coefficient (Wildman–Crippen LogP) is 2.44. The van der Waals surface area contributed by atoms with Gasteiger partial charge in [-0.25, -0.2) is 4.79 Å². The van der Waals surface area contributed by atoms with Crippen LogP contribution >= 0.6 is 0 Å². The first-order valence-corrected chi connectivity index (χ1v) is 7.93. The molecule has 1 atom stereocenters. The van der Waals surface area contributed by atoms with E-state index in [-0.39, 0.29) is 12.3 Å². The molecule has 0 aliphatic carbocycles. The van der Waals surface area contributed by atoms with E-state index in [9.17, 15) is 9.59 Å². The fourth-order valence-electron chi connectivity index (χ4n) is 2.73. The van der Waals surface area contributed by atoms with E-state index in [0.717, 1.165) is 16.5 Å². The number of aryl methyl sites for hydroxylation is 1. The molecule has 0 saturated heterocycles. The molecule has 0 bridgehead atoms. The van der Waals surface area contributed by atoms with Crippen molar-refractivity contribution in [1.82, 2.24) is 15.5 Å². The molecule has 0 aliphatic rings. The molecular formula is C19H19N3O3. The summed E-state index contributed by atoms with van der Waals surface area (Å²) in [7, 11) is 1.31. The molecule has 0 saturated carbocycles. The maximum Gasteiger partial charge on any atom is 0.333 e. The smallest absolute Gasteiger partial charge is 0.333 e. The van der Waals surface area contributed by atoms with Crippen molar-refractivity contribution in [2.24, 2.45) is 0 Å². The molecule has 0 spiro atoms. The number of carbonyl (C=O) groups excluding carboxylic acids is 2. The lowest BCUT2D eigenvalue weighted by Gasteiger charge is -2.17. The Balaban J connectivity index is 1.83. The van der Waals surface area contributed by atoms with Crippen LogP contribution in [-0.4, -0.2) is 29.2 Å². The summed E-state index contributed by atoms with van der Waals surface area (Å²) in [5.74, 6) is -0.808. The number of benzene rings is 2. The number of nitrogens with zero attached hydrogens (tertiary/aromatic N) is 1. The zero-order chi connectivity index (χ0) is 17.8. The molecule has 2 N–H and O–H groups in total. The number of aromatic nitrogens is 2. The van der Waals surface area contributed by atoms with Crippen LogP contribution in [0.1, 0.15) is 23.0 Å². The highest BCUT2D eigenvalue weighted by Gasteiger charge is 2.24. The summed E-state index contributed by atoms with van der Waals surface area (Å²) in [6.45, 7) is 1.86. The van der Waals surface area contributed by atoms with Gasteiger partial charge in [-0.3, -0.25) is 9.89 Å². The Morgan fingerprint density at radius 3 is 2.60 bits per heavy atom. The van der Waals surface area contributed by atoms with Gasteiger partial charge in [0.05, 0.1) is 19.2 Å². The van der Waals surface area contributed by atoms with Crippen molar-refractivity contribution < 1.29 is 14.3 Å². The number of carbonyl (C=O) groups is 2. The van der Waals surface area contributed by atoms with Gasteiger partial charge in [0.15, 0.2) is 6.04 Å². The van der Waals surface area contributed by atoms with Crippen LogP contribution in [0.5, 0.6) is 0 Å². The Bertz CT molecular complexity index is 917. The molecule has 1 heterocycles.